The van der Waals surface area contributed by atoms with Gasteiger partial charge in [-0.15, -0.1) is 0 Å². The normalized spacial score (nSPS) is 10.9. The molecule has 0 spiro atoms. The van der Waals surface area contributed by atoms with E-state index in [1.54, 1.807) is 24.3 Å². The molecule has 0 aromatic heterocycles. The minimum absolute atomic E-state index is 0.0387. The van der Waals surface area contributed by atoms with E-state index in [4.69, 9.17) is 4.74 Å². The number of ether oxygens (including phenoxy) is 1. The summed E-state index contributed by atoms with van der Waals surface area (Å²) in [5.74, 6) is 0.170. The second-order valence-electron chi connectivity index (χ2n) is 7.05. The summed E-state index contributed by atoms with van der Waals surface area (Å²) in [4.78, 5) is 24.0. The number of carbonyl (C=O) groups excluding carboxylic acids is 2. The van der Waals surface area contributed by atoms with Crippen molar-refractivity contribution in [1.82, 2.24) is 5.32 Å². The van der Waals surface area contributed by atoms with Gasteiger partial charge in [-0.25, -0.2) is 0 Å². The summed E-state index contributed by atoms with van der Waals surface area (Å²) in [6.45, 7) is 6.33. The zero-order chi connectivity index (χ0) is 21.2. The fourth-order valence-corrected chi connectivity index (χ4v) is 2.35. The highest BCUT2D eigenvalue weighted by Crippen LogP contribution is 2.15. The number of aryl methyl sites for hydroxylation is 1. The number of benzene rings is 2. The molecule has 2 aromatic rings. The van der Waals surface area contributed by atoms with Gasteiger partial charge in [-0.05, 0) is 48.7 Å². The lowest BCUT2D eigenvalue weighted by atomic mass is 10.1. The van der Waals surface area contributed by atoms with Gasteiger partial charge in [0.25, 0.3) is 11.8 Å². The van der Waals surface area contributed by atoms with Crippen LogP contribution >= 0.6 is 0 Å². The van der Waals surface area contributed by atoms with Crippen LogP contribution < -0.4 is 15.4 Å². The molecule has 0 radical (unpaired) electrons. The summed E-state index contributed by atoms with van der Waals surface area (Å²) in [5, 5.41) is 14.7. The van der Waals surface area contributed by atoms with E-state index in [9.17, 15) is 14.9 Å². The lowest BCUT2D eigenvalue weighted by Gasteiger charge is -2.08. The lowest BCUT2D eigenvalue weighted by molar-refractivity contribution is -0.118. The van der Waals surface area contributed by atoms with Gasteiger partial charge >= 0.3 is 0 Å². The molecule has 0 saturated carbocycles. The monoisotopic (exact) mass is 391 g/mol. The number of nitrogens with zero attached hydrogens (tertiary/aromatic N) is 1. The second kappa shape index (κ2) is 10.7. The van der Waals surface area contributed by atoms with Crippen molar-refractivity contribution in [3.05, 3.63) is 65.2 Å². The Labute approximate surface area is 171 Å². The summed E-state index contributed by atoms with van der Waals surface area (Å²) in [5.41, 5.74) is 2.56. The number of nitriles is 1. The van der Waals surface area contributed by atoms with Crippen molar-refractivity contribution in [2.24, 2.45) is 5.92 Å². The molecule has 0 bridgehead atoms. The largest absolute Gasteiger partial charge is 0.484 e. The van der Waals surface area contributed by atoms with Gasteiger partial charge in [-0.1, -0.05) is 43.7 Å². The van der Waals surface area contributed by atoms with Gasteiger partial charge in [0.1, 0.15) is 17.4 Å². The predicted molar refractivity (Wildman–Crippen MR) is 113 cm³/mol. The highest BCUT2D eigenvalue weighted by Gasteiger charge is 2.09. The zero-order valence-corrected chi connectivity index (χ0v) is 16.9. The van der Waals surface area contributed by atoms with Crippen LogP contribution in [0.15, 0.2) is 54.1 Å². The van der Waals surface area contributed by atoms with Crippen LogP contribution in [0, 0.1) is 24.2 Å². The third-order valence-corrected chi connectivity index (χ3v) is 3.93. The maximum atomic E-state index is 12.0. The van der Waals surface area contributed by atoms with E-state index in [1.165, 1.54) is 6.08 Å². The first-order chi connectivity index (χ1) is 13.9. The molecule has 2 aromatic carbocycles. The van der Waals surface area contributed by atoms with Crippen LogP contribution in [0.25, 0.3) is 6.08 Å². The number of nitrogens with one attached hydrogen (secondary N) is 2. The number of hydrogen-bond donors (Lipinski definition) is 2. The van der Waals surface area contributed by atoms with Crippen molar-refractivity contribution < 1.29 is 14.3 Å². The molecule has 6 nitrogen and oxygen atoms in total. The quantitative estimate of drug-likeness (QED) is 0.530. The predicted octanol–water partition coefficient (Wildman–Crippen LogP) is 3.69. The van der Waals surface area contributed by atoms with E-state index < -0.39 is 5.91 Å². The van der Waals surface area contributed by atoms with E-state index >= 15 is 0 Å². The Bertz CT molecular complexity index is 908. The molecule has 0 saturated heterocycles. The van der Waals surface area contributed by atoms with Crippen molar-refractivity contribution in [2.45, 2.75) is 20.8 Å². The SMILES string of the molecule is Cc1ccc(NC(=O)COc2ccc(/C=C(\C#N)C(=O)NCC(C)C)cc2)cc1. The van der Waals surface area contributed by atoms with Crippen molar-refractivity contribution in [2.75, 3.05) is 18.5 Å². The Morgan fingerprint density at radius 1 is 1.10 bits per heavy atom. The smallest absolute Gasteiger partial charge is 0.262 e. The molecular formula is C23H25N3O3. The maximum Gasteiger partial charge on any atom is 0.262 e. The average molecular weight is 391 g/mol. The lowest BCUT2D eigenvalue weighted by Crippen LogP contribution is -2.28. The first-order valence-corrected chi connectivity index (χ1v) is 9.36. The van der Waals surface area contributed by atoms with E-state index in [2.05, 4.69) is 10.6 Å². The summed E-state index contributed by atoms with van der Waals surface area (Å²) in [6, 6.07) is 16.2. The molecule has 0 unspecified atom stereocenters. The number of amides is 2. The fourth-order valence-electron chi connectivity index (χ4n) is 2.35. The molecule has 0 aliphatic carbocycles. The number of anilines is 1. The minimum atomic E-state index is -0.394. The molecular weight excluding hydrogens is 366 g/mol. The van der Waals surface area contributed by atoms with Crippen LogP contribution in [0.3, 0.4) is 0 Å². The molecule has 29 heavy (non-hydrogen) atoms. The standard InChI is InChI=1S/C23H25N3O3/c1-16(2)14-25-23(28)19(13-24)12-18-6-10-21(11-7-18)29-15-22(27)26-20-8-4-17(3)5-9-20/h4-12,16H,14-15H2,1-3H3,(H,25,28)(H,26,27)/b19-12+. The fraction of sp³-hybridized carbons (Fsp3) is 0.261. The van der Waals surface area contributed by atoms with Gasteiger partial charge in [0.2, 0.25) is 0 Å². The molecule has 0 fully saturated rings. The Morgan fingerprint density at radius 3 is 2.34 bits per heavy atom. The summed E-state index contributed by atoms with van der Waals surface area (Å²) < 4.78 is 5.49. The van der Waals surface area contributed by atoms with Crippen molar-refractivity contribution in [1.29, 1.82) is 5.26 Å². The van der Waals surface area contributed by atoms with Crippen LogP contribution in [0.4, 0.5) is 5.69 Å². The molecule has 150 valence electrons. The molecule has 0 aliphatic rings. The number of hydrogen-bond acceptors (Lipinski definition) is 4. The molecule has 2 N–H and O–H groups in total. The Kier molecular flexibility index (Phi) is 7.99. The first-order valence-electron chi connectivity index (χ1n) is 9.36. The highest BCUT2D eigenvalue weighted by atomic mass is 16.5. The van der Waals surface area contributed by atoms with Crippen molar-refractivity contribution in [3.63, 3.8) is 0 Å². The van der Waals surface area contributed by atoms with Crippen LogP contribution in [0.2, 0.25) is 0 Å². The molecule has 0 aliphatic heterocycles. The van der Waals surface area contributed by atoms with Crippen LogP contribution in [0.5, 0.6) is 5.75 Å². The zero-order valence-electron chi connectivity index (χ0n) is 16.9. The topological polar surface area (TPSA) is 91.2 Å². The van der Waals surface area contributed by atoms with Gasteiger partial charge in [0.05, 0.1) is 0 Å². The van der Waals surface area contributed by atoms with Crippen LogP contribution in [0.1, 0.15) is 25.0 Å². The second-order valence-corrected chi connectivity index (χ2v) is 7.05. The van der Waals surface area contributed by atoms with Crippen LogP contribution in [-0.4, -0.2) is 25.0 Å². The third-order valence-electron chi connectivity index (χ3n) is 3.93. The molecule has 0 atom stereocenters. The van der Waals surface area contributed by atoms with E-state index in [0.29, 0.717) is 29.5 Å². The maximum absolute atomic E-state index is 12.0. The van der Waals surface area contributed by atoms with Gasteiger partial charge in [-0.3, -0.25) is 9.59 Å². The molecule has 6 heteroatoms. The van der Waals surface area contributed by atoms with Crippen molar-refractivity contribution >= 4 is 23.6 Å². The highest BCUT2D eigenvalue weighted by molar-refractivity contribution is 6.01. The summed E-state index contributed by atoms with van der Waals surface area (Å²) in [7, 11) is 0. The number of rotatable bonds is 8. The Hall–Kier alpha value is -3.59. The van der Waals surface area contributed by atoms with Gasteiger partial charge in [-0.2, -0.15) is 5.26 Å². The Morgan fingerprint density at radius 2 is 1.76 bits per heavy atom. The minimum Gasteiger partial charge on any atom is -0.484 e. The van der Waals surface area contributed by atoms with Gasteiger partial charge < -0.3 is 15.4 Å². The molecule has 2 rings (SSSR count). The van der Waals surface area contributed by atoms with Crippen LogP contribution in [-0.2, 0) is 9.59 Å². The van der Waals surface area contributed by atoms with E-state index in [0.717, 1.165) is 5.56 Å². The Balaban J connectivity index is 1.90. The van der Waals surface area contributed by atoms with Gasteiger partial charge in [0, 0.05) is 12.2 Å². The van der Waals surface area contributed by atoms with Gasteiger partial charge in [0.15, 0.2) is 6.61 Å². The first kappa shape index (κ1) is 21.7. The molecule has 0 heterocycles. The summed E-state index contributed by atoms with van der Waals surface area (Å²) >= 11 is 0. The van der Waals surface area contributed by atoms with Crippen molar-refractivity contribution in [3.8, 4) is 11.8 Å². The summed E-state index contributed by atoms with van der Waals surface area (Å²) in [6.07, 6.45) is 1.52. The third kappa shape index (κ3) is 7.51. The number of carbonyl (C=O) groups is 2. The molecule has 2 amide bonds. The van der Waals surface area contributed by atoms with E-state index in [-0.39, 0.29) is 18.1 Å². The van der Waals surface area contributed by atoms with E-state index in [1.807, 2.05) is 51.1 Å². The average Bonchev–Trinajstić information content (AvgIpc) is 2.71.